The second-order valence-electron chi connectivity index (χ2n) is 5.38. The minimum absolute atomic E-state index is 0.0586. The molecule has 1 unspecified atom stereocenters. The molecule has 0 aromatic heterocycles. The molecule has 0 radical (unpaired) electrons. The molecule has 0 bridgehead atoms. The highest BCUT2D eigenvalue weighted by Crippen LogP contribution is 2.27. The lowest BCUT2D eigenvalue weighted by Crippen LogP contribution is -2.34. The molecule has 0 fully saturated rings. The molecule has 0 saturated heterocycles. The summed E-state index contributed by atoms with van der Waals surface area (Å²) in [5, 5.41) is 21.4. The van der Waals surface area contributed by atoms with Gasteiger partial charge in [0, 0.05) is 22.8 Å². The summed E-state index contributed by atoms with van der Waals surface area (Å²) in [6.07, 6.45) is 0.696. The molecule has 0 aliphatic rings. The summed E-state index contributed by atoms with van der Waals surface area (Å²) in [5.74, 6) is 0. The maximum Gasteiger partial charge on any atom is 0.100 e. The van der Waals surface area contributed by atoms with Crippen molar-refractivity contribution < 1.29 is 5.11 Å². The Morgan fingerprint density at radius 1 is 1.44 bits per heavy atom. The van der Waals surface area contributed by atoms with Gasteiger partial charge in [0.25, 0.3) is 0 Å². The molecule has 0 heterocycles. The van der Waals surface area contributed by atoms with E-state index >= 15 is 0 Å². The number of aliphatic hydroxyl groups is 1. The van der Waals surface area contributed by atoms with Crippen LogP contribution in [0.2, 0.25) is 0 Å². The topological polar surface area (TPSA) is 56.0 Å². The van der Waals surface area contributed by atoms with Crippen LogP contribution in [0.4, 0.5) is 5.69 Å². The number of nitrogens with one attached hydrogen (secondary N) is 1. The van der Waals surface area contributed by atoms with Crippen molar-refractivity contribution in [2.24, 2.45) is 5.41 Å². The number of anilines is 1. The summed E-state index contributed by atoms with van der Waals surface area (Å²) < 4.78 is 0.784. The molecule has 0 saturated carbocycles. The van der Waals surface area contributed by atoms with Crippen LogP contribution in [0.1, 0.15) is 32.8 Å². The first-order valence-corrected chi connectivity index (χ1v) is 6.75. The van der Waals surface area contributed by atoms with Crippen molar-refractivity contribution in [3.05, 3.63) is 28.2 Å². The molecule has 1 atom stereocenters. The molecule has 1 aromatic rings. The molecule has 18 heavy (non-hydrogen) atoms. The first-order chi connectivity index (χ1) is 8.38. The summed E-state index contributed by atoms with van der Waals surface area (Å²) in [7, 11) is 0. The number of halogens is 1. The average Bonchev–Trinajstić information content (AvgIpc) is 2.27. The Morgan fingerprint density at radius 2 is 2.11 bits per heavy atom. The first kappa shape index (κ1) is 15.0. The fourth-order valence-electron chi connectivity index (χ4n) is 1.75. The summed E-state index contributed by atoms with van der Waals surface area (Å²) in [6, 6.07) is 7.87. The van der Waals surface area contributed by atoms with Gasteiger partial charge in [-0.1, -0.05) is 20.8 Å². The number of nitrogens with zero attached hydrogens (tertiary/aromatic N) is 1. The zero-order valence-electron chi connectivity index (χ0n) is 11.0. The molecule has 0 aliphatic heterocycles. The van der Waals surface area contributed by atoms with Crippen LogP contribution in [0, 0.1) is 16.7 Å². The Morgan fingerprint density at radius 3 is 2.56 bits per heavy atom. The number of nitriles is 1. The van der Waals surface area contributed by atoms with Crippen molar-refractivity contribution in [1.82, 2.24) is 0 Å². The van der Waals surface area contributed by atoms with Gasteiger partial charge in [-0.25, -0.2) is 0 Å². The molecule has 0 aliphatic carbocycles. The van der Waals surface area contributed by atoms with Gasteiger partial charge in [-0.05, 0) is 46.0 Å². The fourth-order valence-corrected chi connectivity index (χ4v) is 2.21. The minimum Gasteiger partial charge on any atom is -0.396 e. The number of benzene rings is 1. The molecular formula is C14H19BrN2O. The van der Waals surface area contributed by atoms with E-state index in [4.69, 9.17) is 10.4 Å². The summed E-state index contributed by atoms with van der Waals surface area (Å²) >= 11 is 3.37. The molecule has 4 heteroatoms. The number of aliphatic hydroxyl groups excluding tert-OH is 1. The van der Waals surface area contributed by atoms with Gasteiger partial charge in [-0.2, -0.15) is 5.26 Å². The van der Waals surface area contributed by atoms with E-state index in [1.807, 2.05) is 12.1 Å². The standard InChI is InChI=1S/C14H19BrN2O/c1-14(2,3)13(6-7-18)17-11-5-4-10(9-16)12(15)8-11/h4-5,8,13,17-18H,6-7H2,1-3H3. The zero-order chi connectivity index (χ0) is 13.8. The lowest BCUT2D eigenvalue weighted by molar-refractivity contribution is 0.235. The zero-order valence-corrected chi connectivity index (χ0v) is 12.6. The van der Waals surface area contributed by atoms with E-state index in [9.17, 15) is 0 Å². The quantitative estimate of drug-likeness (QED) is 0.894. The van der Waals surface area contributed by atoms with Crippen molar-refractivity contribution in [1.29, 1.82) is 5.26 Å². The minimum atomic E-state index is 0.0586. The Hall–Kier alpha value is -1.05. The predicted octanol–water partition coefficient (Wildman–Crippen LogP) is 3.53. The van der Waals surface area contributed by atoms with Gasteiger partial charge in [-0.15, -0.1) is 0 Å². The Balaban J connectivity index is 2.88. The van der Waals surface area contributed by atoms with E-state index in [0.29, 0.717) is 12.0 Å². The third-order valence-corrected chi connectivity index (χ3v) is 3.55. The monoisotopic (exact) mass is 310 g/mol. The van der Waals surface area contributed by atoms with Crippen molar-refractivity contribution in [3.63, 3.8) is 0 Å². The largest absolute Gasteiger partial charge is 0.396 e. The highest BCUT2D eigenvalue weighted by Gasteiger charge is 2.23. The molecule has 3 nitrogen and oxygen atoms in total. The van der Waals surface area contributed by atoms with Gasteiger partial charge >= 0.3 is 0 Å². The Labute approximate surface area is 117 Å². The highest BCUT2D eigenvalue weighted by atomic mass is 79.9. The van der Waals surface area contributed by atoms with E-state index in [2.05, 4.69) is 48.1 Å². The second kappa shape index (κ2) is 6.21. The molecule has 2 N–H and O–H groups in total. The van der Waals surface area contributed by atoms with Gasteiger partial charge < -0.3 is 10.4 Å². The van der Waals surface area contributed by atoms with Crippen LogP contribution in [0.15, 0.2) is 22.7 Å². The molecule has 0 spiro atoms. The highest BCUT2D eigenvalue weighted by molar-refractivity contribution is 9.10. The summed E-state index contributed by atoms with van der Waals surface area (Å²) in [4.78, 5) is 0. The Bertz CT molecular complexity index is 446. The number of rotatable bonds is 4. The van der Waals surface area contributed by atoms with Crippen molar-refractivity contribution >= 4 is 21.6 Å². The molecular weight excluding hydrogens is 292 g/mol. The van der Waals surface area contributed by atoms with E-state index in [0.717, 1.165) is 10.2 Å². The number of hydrogen-bond acceptors (Lipinski definition) is 3. The number of hydrogen-bond donors (Lipinski definition) is 2. The van der Waals surface area contributed by atoms with Crippen molar-refractivity contribution in [2.75, 3.05) is 11.9 Å². The molecule has 1 aromatic carbocycles. The van der Waals surface area contributed by atoms with E-state index in [-0.39, 0.29) is 18.1 Å². The second-order valence-corrected chi connectivity index (χ2v) is 6.24. The Kier molecular flexibility index (Phi) is 5.18. The van der Waals surface area contributed by atoms with Crippen molar-refractivity contribution in [3.8, 4) is 6.07 Å². The van der Waals surface area contributed by atoms with Gasteiger partial charge in [0.15, 0.2) is 0 Å². The lowest BCUT2D eigenvalue weighted by Gasteiger charge is -2.32. The third kappa shape index (κ3) is 4.01. The smallest absolute Gasteiger partial charge is 0.100 e. The normalized spacial score (nSPS) is 12.9. The summed E-state index contributed by atoms with van der Waals surface area (Å²) in [5.41, 5.74) is 1.63. The van der Waals surface area contributed by atoms with Crippen LogP contribution in [-0.4, -0.2) is 17.8 Å². The van der Waals surface area contributed by atoms with Crippen LogP contribution in [-0.2, 0) is 0 Å². The van der Waals surface area contributed by atoms with E-state index < -0.39 is 0 Å². The summed E-state index contributed by atoms with van der Waals surface area (Å²) in [6.45, 7) is 6.57. The van der Waals surface area contributed by atoms with Crippen LogP contribution in [0.3, 0.4) is 0 Å². The molecule has 98 valence electrons. The van der Waals surface area contributed by atoms with E-state index in [1.165, 1.54) is 0 Å². The van der Waals surface area contributed by atoms with Crippen LogP contribution >= 0.6 is 15.9 Å². The van der Waals surface area contributed by atoms with Crippen LogP contribution < -0.4 is 5.32 Å². The van der Waals surface area contributed by atoms with Crippen molar-refractivity contribution in [2.45, 2.75) is 33.2 Å². The van der Waals surface area contributed by atoms with Gasteiger partial charge in [-0.3, -0.25) is 0 Å². The molecule has 1 rings (SSSR count). The predicted molar refractivity (Wildman–Crippen MR) is 77.4 cm³/mol. The maximum atomic E-state index is 9.12. The van der Waals surface area contributed by atoms with Crippen LogP contribution in [0.25, 0.3) is 0 Å². The van der Waals surface area contributed by atoms with Crippen LogP contribution in [0.5, 0.6) is 0 Å². The first-order valence-electron chi connectivity index (χ1n) is 5.95. The lowest BCUT2D eigenvalue weighted by atomic mass is 9.85. The van der Waals surface area contributed by atoms with Gasteiger partial charge in [0.1, 0.15) is 6.07 Å². The third-order valence-electron chi connectivity index (χ3n) is 2.89. The van der Waals surface area contributed by atoms with E-state index in [1.54, 1.807) is 6.07 Å². The average molecular weight is 311 g/mol. The maximum absolute atomic E-state index is 9.12. The van der Waals surface area contributed by atoms with Gasteiger partial charge in [0.2, 0.25) is 0 Å². The SMILES string of the molecule is CC(C)(C)C(CCO)Nc1ccc(C#N)c(Br)c1. The molecule has 0 amide bonds. The fraction of sp³-hybridized carbons (Fsp3) is 0.500. The van der Waals surface area contributed by atoms with Gasteiger partial charge in [0.05, 0.1) is 5.56 Å².